The van der Waals surface area contributed by atoms with Gasteiger partial charge in [0.05, 0.1) is 12.5 Å². The van der Waals surface area contributed by atoms with E-state index in [4.69, 9.17) is 9.15 Å². The van der Waals surface area contributed by atoms with Crippen molar-refractivity contribution in [2.45, 2.75) is 32.1 Å². The molecule has 2 saturated carbocycles. The summed E-state index contributed by atoms with van der Waals surface area (Å²) in [6, 6.07) is 7.63. The van der Waals surface area contributed by atoms with E-state index in [0.29, 0.717) is 28.7 Å². The molecule has 1 heterocycles. The van der Waals surface area contributed by atoms with Crippen molar-refractivity contribution in [3.05, 3.63) is 51.6 Å². The molecule has 3 aromatic rings. The lowest BCUT2D eigenvalue weighted by Gasteiger charge is -2.24. The van der Waals surface area contributed by atoms with Crippen LogP contribution in [-0.4, -0.2) is 12.9 Å². The third kappa shape index (κ3) is 1.78. The van der Waals surface area contributed by atoms with Crippen molar-refractivity contribution in [1.29, 1.82) is 0 Å². The van der Waals surface area contributed by atoms with Crippen molar-refractivity contribution in [3.8, 4) is 5.75 Å². The maximum Gasteiger partial charge on any atom is 0.344 e. The summed E-state index contributed by atoms with van der Waals surface area (Å²) in [5.41, 5.74) is 1.63. The molecule has 0 N–H and O–H groups in total. The normalized spacial score (nSPS) is 28.1. The monoisotopic (exact) mass is 360 g/mol. The van der Waals surface area contributed by atoms with Crippen molar-refractivity contribution in [3.63, 3.8) is 0 Å². The van der Waals surface area contributed by atoms with E-state index < -0.39 is 0 Å². The molecule has 6 rings (SSSR count). The Balaban J connectivity index is 1.83. The molecule has 3 aliphatic rings. The van der Waals surface area contributed by atoms with Gasteiger partial charge in [0, 0.05) is 16.9 Å². The van der Waals surface area contributed by atoms with E-state index >= 15 is 0 Å². The van der Waals surface area contributed by atoms with Gasteiger partial charge in [0.1, 0.15) is 11.5 Å². The van der Waals surface area contributed by atoms with E-state index in [1.54, 1.807) is 14.0 Å². The number of carbonyl (C=O) groups excluding carboxylic acids is 1. The second-order valence-corrected chi connectivity index (χ2v) is 8.38. The van der Waals surface area contributed by atoms with Crippen LogP contribution in [0.4, 0.5) is 0 Å². The van der Waals surface area contributed by atoms with E-state index in [9.17, 15) is 9.59 Å². The summed E-state index contributed by atoms with van der Waals surface area (Å²) < 4.78 is 10.8. The molecule has 0 aliphatic heterocycles. The molecule has 0 radical (unpaired) electrons. The van der Waals surface area contributed by atoms with Crippen LogP contribution in [-0.2, 0) is 0 Å². The predicted molar refractivity (Wildman–Crippen MR) is 103 cm³/mol. The second-order valence-electron chi connectivity index (χ2n) is 8.38. The Hall–Kier alpha value is -2.62. The molecule has 0 spiro atoms. The fourth-order valence-corrected chi connectivity index (χ4v) is 6.30. The molecular formula is C23H20O4. The van der Waals surface area contributed by atoms with E-state index in [1.165, 1.54) is 6.42 Å². The van der Waals surface area contributed by atoms with Crippen molar-refractivity contribution in [2.24, 2.45) is 17.8 Å². The minimum atomic E-state index is -0.329. The molecule has 2 aromatic carbocycles. The average Bonchev–Trinajstić information content (AvgIpc) is 3.33. The zero-order chi connectivity index (χ0) is 18.4. The molecule has 1 aromatic heterocycles. The minimum Gasteiger partial charge on any atom is -0.497 e. The summed E-state index contributed by atoms with van der Waals surface area (Å²) in [5.74, 6) is 2.99. The van der Waals surface area contributed by atoms with E-state index in [2.05, 4.69) is 0 Å². The van der Waals surface area contributed by atoms with Crippen LogP contribution in [0.2, 0.25) is 0 Å². The molecule has 4 nitrogen and oxygen atoms in total. The van der Waals surface area contributed by atoms with Gasteiger partial charge in [-0.25, -0.2) is 4.79 Å². The van der Waals surface area contributed by atoms with Crippen LogP contribution in [0, 0.1) is 24.7 Å². The van der Waals surface area contributed by atoms with Gasteiger partial charge in [0.2, 0.25) is 0 Å². The summed E-state index contributed by atoms with van der Waals surface area (Å²) >= 11 is 0. The number of hydrogen-bond acceptors (Lipinski definition) is 4. The zero-order valence-corrected chi connectivity index (χ0v) is 15.4. The fraction of sp³-hybridized carbons (Fsp3) is 0.391. The molecule has 0 amide bonds. The molecule has 4 heteroatoms. The van der Waals surface area contributed by atoms with Gasteiger partial charge < -0.3 is 9.15 Å². The molecule has 0 unspecified atom stereocenters. The minimum absolute atomic E-state index is 0.0993. The van der Waals surface area contributed by atoms with Crippen LogP contribution >= 0.6 is 0 Å². The first-order valence-electron chi connectivity index (χ1n) is 9.70. The number of benzene rings is 2. The molecule has 3 aliphatic carbocycles. The van der Waals surface area contributed by atoms with Crippen molar-refractivity contribution < 1.29 is 13.9 Å². The SMILES string of the molecule is COc1ccc2c3c(c4cc(C)oc(=O)c4c2c1)[C@H]1[C@@H]2CC[C@@H](C2)[C@H]1C3=O. The standard InChI is InChI=1S/C23H20O4/c1-10-7-16-19(23(25)27-10)15-9-13(26-2)5-6-14(15)21-20(16)17-11-3-4-12(8-11)18(17)22(21)24/h5-7,9,11-12,17-18H,3-4,8H2,1-2H3/t11-,12+,17+,18-/m1/s1. The van der Waals surface area contributed by atoms with Gasteiger partial charge in [0.15, 0.2) is 5.78 Å². The number of carbonyl (C=O) groups is 1. The lowest BCUT2D eigenvalue weighted by atomic mass is 9.78. The summed E-state index contributed by atoms with van der Waals surface area (Å²) in [6.07, 6.45) is 3.51. The second kappa shape index (κ2) is 5.00. The fourth-order valence-electron chi connectivity index (χ4n) is 6.30. The number of hydrogen-bond donors (Lipinski definition) is 0. The van der Waals surface area contributed by atoms with Gasteiger partial charge >= 0.3 is 5.63 Å². The van der Waals surface area contributed by atoms with Crippen LogP contribution in [0.15, 0.2) is 33.5 Å². The van der Waals surface area contributed by atoms with Crippen LogP contribution in [0.5, 0.6) is 5.75 Å². The van der Waals surface area contributed by atoms with Crippen LogP contribution < -0.4 is 10.4 Å². The molecule has 2 fully saturated rings. The highest BCUT2D eigenvalue weighted by atomic mass is 16.5. The first-order valence-corrected chi connectivity index (χ1v) is 9.70. The number of rotatable bonds is 1. The summed E-state index contributed by atoms with van der Waals surface area (Å²) in [7, 11) is 1.61. The highest BCUT2D eigenvalue weighted by molar-refractivity contribution is 6.22. The third-order valence-electron chi connectivity index (χ3n) is 7.20. The van der Waals surface area contributed by atoms with Crippen molar-refractivity contribution >= 4 is 27.3 Å². The van der Waals surface area contributed by atoms with Gasteiger partial charge in [-0.15, -0.1) is 0 Å². The Kier molecular flexibility index (Phi) is 2.86. The number of aryl methyl sites for hydroxylation is 1. The number of Topliss-reactive ketones (excluding diaryl/α,β-unsaturated/α-hetero) is 1. The summed E-state index contributed by atoms with van der Waals surface area (Å²) in [6.45, 7) is 1.80. The first-order chi connectivity index (χ1) is 13.1. The van der Waals surface area contributed by atoms with Gasteiger partial charge in [0.25, 0.3) is 0 Å². The third-order valence-corrected chi connectivity index (χ3v) is 7.20. The average molecular weight is 360 g/mol. The van der Waals surface area contributed by atoms with Gasteiger partial charge in [-0.05, 0) is 84.5 Å². The van der Waals surface area contributed by atoms with Gasteiger partial charge in [-0.3, -0.25) is 4.79 Å². The van der Waals surface area contributed by atoms with Crippen LogP contribution in [0.3, 0.4) is 0 Å². The van der Waals surface area contributed by atoms with Crippen molar-refractivity contribution in [1.82, 2.24) is 0 Å². The highest BCUT2D eigenvalue weighted by Gasteiger charge is 2.56. The summed E-state index contributed by atoms with van der Waals surface area (Å²) in [5, 5.41) is 3.13. The molecular weight excluding hydrogens is 340 g/mol. The van der Waals surface area contributed by atoms with Crippen LogP contribution in [0.1, 0.15) is 46.9 Å². The molecule has 4 atom stereocenters. The Labute approximate surface area is 156 Å². The number of methoxy groups -OCH3 is 1. The maximum atomic E-state index is 13.5. The smallest absolute Gasteiger partial charge is 0.344 e. The van der Waals surface area contributed by atoms with Crippen molar-refractivity contribution in [2.75, 3.05) is 7.11 Å². The molecule has 136 valence electrons. The topological polar surface area (TPSA) is 56.5 Å². The van der Waals surface area contributed by atoms with Crippen LogP contribution in [0.25, 0.3) is 21.5 Å². The summed E-state index contributed by atoms with van der Waals surface area (Å²) in [4.78, 5) is 26.4. The maximum absolute atomic E-state index is 13.5. The van der Waals surface area contributed by atoms with Gasteiger partial charge in [-0.2, -0.15) is 0 Å². The lowest BCUT2D eigenvalue weighted by molar-refractivity contribution is 0.0884. The Morgan fingerprint density at radius 1 is 1.00 bits per heavy atom. The first kappa shape index (κ1) is 15.4. The zero-order valence-electron chi connectivity index (χ0n) is 15.4. The number of ketones is 1. The quantitative estimate of drug-likeness (QED) is 0.596. The Morgan fingerprint density at radius 2 is 1.78 bits per heavy atom. The van der Waals surface area contributed by atoms with E-state index in [0.717, 1.165) is 40.1 Å². The molecule has 27 heavy (non-hydrogen) atoms. The molecule has 0 saturated heterocycles. The predicted octanol–water partition coefficient (Wildman–Crippen LogP) is 4.59. The van der Waals surface area contributed by atoms with E-state index in [-0.39, 0.29) is 23.2 Å². The highest BCUT2D eigenvalue weighted by Crippen LogP contribution is 2.63. The largest absolute Gasteiger partial charge is 0.497 e. The lowest BCUT2D eigenvalue weighted by Crippen LogP contribution is -2.20. The number of fused-ring (bicyclic) bond motifs is 12. The van der Waals surface area contributed by atoms with E-state index in [1.807, 2.05) is 24.3 Å². The van der Waals surface area contributed by atoms with Gasteiger partial charge in [-0.1, -0.05) is 0 Å². The number of ether oxygens (including phenoxy) is 1. The molecule has 2 bridgehead atoms. The Morgan fingerprint density at radius 3 is 2.56 bits per heavy atom. The Bertz CT molecular complexity index is 1220.